The number of carbonyl (C=O) groups is 4. The molecule has 1 saturated heterocycles. The molecular weight excluding hydrogens is 530 g/mol. The van der Waals surface area contributed by atoms with Gasteiger partial charge in [-0.3, -0.25) is 29.3 Å². The van der Waals surface area contributed by atoms with Crippen molar-refractivity contribution >= 4 is 29.4 Å². The fourth-order valence-electron chi connectivity index (χ4n) is 5.31. The molecule has 1 heterocycles. The first-order valence-electron chi connectivity index (χ1n) is 12.9. The Kier molecular flexibility index (Phi) is 8.70. The van der Waals surface area contributed by atoms with Gasteiger partial charge in [0.25, 0.3) is 17.5 Å². The molecule has 2 atom stereocenters. The number of carbonyl (C=O) groups excluding carboxylic acids is 3. The molecule has 0 spiro atoms. The average Bonchev–Trinajstić information content (AvgIpc) is 3.37. The predicted molar refractivity (Wildman–Crippen MR) is 136 cm³/mol. The van der Waals surface area contributed by atoms with Crippen LogP contribution in [0.1, 0.15) is 60.5 Å². The second-order valence-corrected chi connectivity index (χ2v) is 9.91. The van der Waals surface area contributed by atoms with Crippen LogP contribution in [-0.2, 0) is 14.4 Å². The summed E-state index contributed by atoms with van der Waals surface area (Å²) in [5.74, 6) is -5.78. The maximum atomic E-state index is 13.9. The molecule has 212 valence electrons. The van der Waals surface area contributed by atoms with Crippen LogP contribution >= 0.6 is 0 Å². The highest BCUT2D eigenvalue weighted by atomic mass is 19.1. The lowest BCUT2D eigenvalue weighted by atomic mass is 9.88. The molecule has 2 aromatic carbocycles. The van der Waals surface area contributed by atoms with Gasteiger partial charge in [-0.05, 0) is 30.5 Å². The summed E-state index contributed by atoms with van der Waals surface area (Å²) in [7, 11) is 0. The highest BCUT2D eigenvalue weighted by Gasteiger charge is 2.45. The molecule has 2 aliphatic rings. The van der Waals surface area contributed by atoms with E-state index in [1.165, 1.54) is 23.1 Å². The molecule has 40 heavy (non-hydrogen) atoms. The van der Waals surface area contributed by atoms with Gasteiger partial charge in [-0.15, -0.1) is 0 Å². The number of rotatable bonds is 8. The van der Waals surface area contributed by atoms with Crippen molar-refractivity contribution in [2.75, 3.05) is 13.1 Å². The van der Waals surface area contributed by atoms with Gasteiger partial charge < -0.3 is 20.2 Å². The summed E-state index contributed by atoms with van der Waals surface area (Å²) < 4.78 is 27.8. The van der Waals surface area contributed by atoms with E-state index in [0.717, 1.165) is 42.4 Å². The second kappa shape index (κ2) is 12.2. The topological polar surface area (TPSA) is 150 Å². The summed E-state index contributed by atoms with van der Waals surface area (Å²) in [5.41, 5.74) is -0.539. The van der Waals surface area contributed by atoms with Crippen LogP contribution in [0.5, 0.6) is 0 Å². The van der Waals surface area contributed by atoms with Crippen LogP contribution in [0.3, 0.4) is 0 Å². The van der Waals surface area contributed by atoms with E-state index >= 15 is 0 Å². The van der Waals surface area contributed by atoms with E-state index in [1.807, 2.05) is 0 Å². The molecule has 0 radical (unpaired) electrons. The van der Waals surface area contributed by atoms with Crippen LogP contribution in [-0.4, -0.2) is 62.8 Å². The molecule has 0 aromatic heterocycles. The molecule has 2 aromatic rings. The molecule has 2 unspecified atom stereocenters. The summed E-state index contributed by atoms with van der Waals surface area (Å²) in [6, 6.07) is 6.11. The third-order valence-corrected chi connectivity index (χ3v) is 7.19. The molecule has 3 amide bonds. The number of amides is 3. The Morgan fingerprint density at radius 2 is 1.65 bits per heavy atom. The normalized spacial score (nSPS) is 18.3. The largest absolute Gasteiger partial charge is 0.481 e. The Labute approximate surface area is 227 Å². The lowest BCUT2D eigenvalue weighted by Crippen LogP contribution is -2.55. The number of aliphatic carboxylic acids is 1. The van der Waals surface area contributed by atoms with E-state index < -0.39 is 53.0 Å². The van der Waals surface area contributed by atoms with Crippen LogP contribution in [0.25, 0.3) is 0 Å². The summed E-state index contributed by atoms with van der Waals surface area (Å²) in [6.07, 6.45) is 1.70. The zero-order valence-electron chi connectivity index (χ0n) is 21.4. The van der Waals surface area contributed by atoms with Gasteiger partial charge in [-0.1, -0.05) is 31.4 Å². The van der Waals surface area contributed by atoms with Crippen molar-refractivity contribution in [2.24, 2.45) is 5.92 Å². The van der Waals surface area contributed by atoms with Gasteiger partial charge in [0.05, 0.1) is 17.4 Å². The maximum absolute atomic E-state index is 13.9. The van der Waals surface area contributed by atoms with Crippen molar-refractivity contribution < 1.29 is 38.0 Å². The molecule has 4 rings (SSSR count). The van der Waals surface area contributed by atoms with Gasteiger partial charge in [0.2, 0.25) is 5.91 Å². The number of hydrogen-bond acceptors (Lipinski definition) is 6. The van der Waals surface area contributed by atoms with Gasteiger partial charge >= 0.3 is 5.97 Å². The van der Waals surface area contributed by atoms with Gasteiger partial charge in [0.1, 0.15) is 11.6 Å². The van der Waals surface area contributed by atoms with Gasteiger partial charge in [-0.2, -0.15) is 0 Å². The first-order valence-corrected chi connectivity index (χ1v) is 12.9. The van der Waals surface area contributed by atoms with Gasteiger partial charge in [0.15, 0.2) is 6.17 Å². The number of nitrogens with zero attached hydrogens (tertiary/aromatic N) is 3. The summed E-state index contributed by atoms with van der Waals surface area (Å²) >= 11 is 0. The third-order valence-electron chi connectivity index (χ3n) is 7.19. The van der Waals surface area contributed by atoms with Gasteiger partial charge in [-0.25, -0.2) is 8.78 Å². The van der Waals surface area contributed by atoms with E-state index in [4.69, 9.17) is 0 Å². The standard InChI is InChI=1S/C27H28F2N4O7/c28-19-11-18(12-20(29)14-19)27(38)32-10-9-31(26(37)16-5-2-1-3-6-16)25(32)24(36)30-22(15-23(34)35)17-7-4-8-21(13-17)33(39)40/h4,7-8,11-14,16,22,25H,1-3,5-6,9-10,15H2,(H,30,36)(H,34,35). The first-order chi connectivity index (χ1) is 19.0. The maximum Gasteiger partial charge on any atom is 0.305 e. The van der Waals surface area contributed by atoms with E-state index in [1.54, 1.807) is 0 Å². The fourth-order valence-corrected chi connectivity index (χ4v) is 5.31. The lowest BCUT2D eigenvalue weighted by molar-refractivity contribution is -0.384. The minimum absolute atomic E-state index is 0.0165. The van der Waals surface area contributed by atoms with Crippen LogP contribution in [0, 0.1) is 27.7 Å². The Balaban J connectivity index is 1.67. The van der Waals surface area contributed by atoms with E-state index in [0.29, 0.717) is 18.9 Å². The molecular formula is C27H28F2N4O7. The molecule has 2 fully saturated rings. The molecule has 0 bridgehead atoms. The summed E-state index contributed by atoms with van der Waals surface area (Å²) in [5, 5.41) is 23.3. The van der Waals surface area contributed by atoms with Crippen molar-refractivity contribution in [3.63, 3.8) is 0 Å². The Morgan fingerprint density at radius 3 is 2.27 bits per heavy atom. The average molecular weight is 559 g/mol. The predicted octanol–water partition coefficient (Wildman–Crippen LogP) is 3.40. The lowest BCUT2D eigenvalue weighted by Gasteiger charge is -2.33. The number of carboxylic acids is 1. The number of benzene rings is 2. The molecule has 13 heteroatoms. The number of hydrogen-bond donors (Lipinski definition) is 2. The molecule has 1 aliphatic carbocycles. The first kappa shape index (κ1) is 28.6. The number of nitro groups is 1. The van der Waals surface area contributed by atoms with Crippen molar-refractivity contribution in [1.82, 2.24) is 15.1 Å². The Bertz CT molecular complexity index is 1310. The Hall–Kier alpha value is -4.42. The Morgan fingerprint density at radius 1 is 1.00 bits per heavy atom. The number of non-ortho nitro benzene ring substituents is 1. The van der Waals surface area contributed by atoms with E-state index in [-0.39, 0.29) is 41.7 Å². The molecule has 11 nitrogen and oxygen atoms in total. The van der Waals surface area contributed by atoms with Crippen molar-refractivity contribution in [3.05, 3.63) is 75.3 Å². The zero-order valence-corrected chi connectivity index (χ0v) is 21.4. The highest BCUT2D eigenvalue weighted by Crippen LogP contribution is 2.30. The SMILES string of the molecule is O=C(O)CC(NC(=O)C1N(C(=O)c2cc(F)cc(F)c2)CCN1C(=O)C1CCCCC1)c1cccc([N+](=O)[O-])c1. The van der Waals surface area contributed by atoms with Crippen molar-refractivity contribution in [3.8, 4) is 0 Å². The molecule has 1 aliphatic heterocycles. The fraction of sp³-hybridized carbons (Fsp3) is 0.407. The second-order valence-electron chi connectivity index (χ2n) is 9.91. The summed E-state index contributed by atoms with van der Waals surface area (Å²) in [4.78, 5) is 65.1. The molecule has 2 N–H and O–H groups in total. The minimum Gasteiger partial charge on any atom is -0.481 e. The van der Waals surface area contributed by atoms with Crippen LogP contribution in [0.15, 0.2) is 42.5 Å². The van der Waals surface area contributed by atoms with Gasteiger partial charge in [0, 0.05) is 42.8 Å². The number of halogens is 2. The third kappa shape index (κ3) is 6.41. The number of nitro benzene ring substituents is 1. The van der Waals surface area contributed by atoms with E-state index in [2.05, 4.69) is 5.32 Å². The molecule has 1 saturated carbocycles. The quantitative estimate of drug-likeness (QED) is 0.372. The van der Waals surface area contributed by atoms with E-state index in [9.17, 15) is 43.2 Å². The smallest absolute Gasteiger partial charge is 0.305 e. The number of nitrogens with one attached hydrogen (secondary N) is 1. The zero-order chi connectivity index (χ0) is 29.0. The van der Waals surface area contributed by atoms with Crippen LogP contribution in [0.4, 0.5) is 14.5 Å². The van der Waals surface area contributed by atoms with Crippen LogP contribution in [0.2, 0.25) is 0 Å². The monoisotopic (exact) mass is 558 g/mol. The van der Waals surface area contributed by atoms with Crippen molar-refractivity contribution in [1.29, 1.82) is 0 Å². The van der Waals surface area contributed by atoms with Crippen LogP contribution < -0.4 is 5.32 Å². The summed E-state index contributed by atoms with van der Waals surface area (Å²) in [6.45, 7) is -0.120. The van der Waals surface area contributed by atoms with Crippen molar-refractivity contribution in [2.45, 2.75) is 50.7 Å². The minimum atomic E-state index is -1.52. The number of carboxylic acid groups (broad SMARTS) is 1. The highest BCUT2D eigenvalue weighted by molar-refractivity contribution is 5.99.